The predicted molar refractivity (Wildman–Crippen MR) is 79.8 cm³/mol. The first-order valence-corrected chi connectivity index (χ1v) is 6.75. The summed E-state index contributed by atoms with van der Waals surface area (Å²) in [6.07, 6.45) is 0. The van der Waals surface area contributed by atoms with Crippen molar-refractivity contribution in [2.24, 2.45) is 0 Å². The van der Waals surface area contributed by atoms with Gasteiger partial charge in [0.15, 0.2) is 17.2 Å². The number of ether oxygens (including phenoxy) is 1. The second kappa shape index (κ2) is 5.35. The molecule has 0 saturated heterocycles. The molecule has 0 fully saturated rings. The second-order valence-electron chi connectivity index (χ2n) is 4.24. The van der Waals surface area contributed by atoms with Gasteiger partial charge in [0, 0.05) is 5.56 Å². The normalized spacial score (nSPS) is 10.8. The van der Waals surface area contributed by atoms with Gasteiger partial charge in [-0.05, 0) is 30.3 Å². The Balaban J connectivity index is 2.17. The summed E-state index contributed by atoms with van der Waals surface area (Å²) < 4.78 is 6.16. The van der Waals surface area contributed by atoms with Crippen LogP contribution in [0.5, 0.6) is 0 Å². The van der Waals surface area contributed by atoms with Crippen LogP contribution in [-0.4, -0.2) is 27.7 Å². The molecule has 0 aliphatic heterocycles. The van der Waals surface area contributed by atoms with Crippen molar-refractivity contribution < 1.29 is 9.53 Å². The van der Waals surface area contributed by atoms with E-state index in [9.17, 15) is 4.79 Å². The molecule has 0 N–H and O–H groups in total. The van der Waals surface area contributed by atoms with E-state index in [0.717, 1.165) is 0 Å². The van der Waals surface area contributed by atoms with Crippen LogP contribution >= 0.6 is 23.2 Å². The van der Waals surface area contributed by atoms with E-state index in [-0.39, 0.29) is 0 Å². The average molecular weight is 322 g/mol. The van der Waals surface area contributed by atoms with Gasteiger partial charge in [-0.1, -0.05) is 29.3 Å². The van der Waals surface area contributed by atoms with E-state index in [1.54, 1.807) is 36.4 Å². The zero-order chi connectivity index (χ0) is 15.0. The molecule has 7 heteroatoms. The SMILES string of the molecule is COC(=O)c1cccc2nc(-c3ccc(Cl)c(Cl)c3)nn12. The number of carbonyl (C=O) groups is 1. The van der Waals surface area contributed by atoms with Gasteiger partial charge in [0.25, 0.3) is 0 Å². The highest BCUT2D eigenvalue weighted by Crippen LogP contribution is 2.27. The van der Waals surface area contributed by atoms with Crippen molar-refractivity contribution in [2.45, 2.75) is 0 Å². The summed E-state index contributed by atoms with van der Waals surface area (Å²) in [4.78, 5) is 16.1. The van der Waals surface area contributed by atoms with E-state index in [4.69, 9.17) is 27.9 Å². The topological polar surface area (TPSA) is 56.5 Å². The molecule has 3 rings (SSSR count). The largest absolute Gasteiger partial charge is 0.464 e. The van der Waals surface area contributed by atoms with Crippen molar-refractivity contribution in [2.75, 3.05) is 7.11 Å². The van der Waals surface area contributed by atoms with E-state index >= 15 is 0 Å². The molecule has 0 unspecified atom stereocenters. The fourth-order valence-corrected chi connectivity index (χ4v) is 2.22. The maximum atomic E-state index is 11.7. The Hall–Kier alpha value is -2.11. The molecule has 0 aliphatic carbocycles. The molecule has 0 aliphatic rings. The number of nitrogens with zero attached hydrogens (tertiary/aromatic N) is 3. The third-order valence-corrected chi connectivity index (χ3v) is 3.67. The number of fused-ring (bicyclic) bond motifs is 1. The summed E-state index contributed by atoms with van der Waals surface area (Å²) in [7, 11) is 1.32. The minimum absolute atomic E-state index is 0.300. The van der Waals surface area contributed by atoms with E-state index in [1.165, 1.54) is 11.6 Å². The number of aromatic nitrogens is 3. The predicted octanol–water partition coefficient (Wildman–Crippen LogP) is 3.49. The molecule has 0 bridgehead atoms. The van der Waals surface area contributed by atoms with Crippen LogP contribution in [0.25, 0.3) is 17.0 Å². The lowest BCUT2D eigenvalue weighted by Crippen LogP contribution is -2.08. The van der Waals surface area contributed by atoms with Gasteiger partial charge in [0.1, 0.15) is 0 Å². The number of pyridine rings is 1. The fraction of sp³-hybridized carbons (Fsp3) is 0.0714. The van der Waals surface area contributed by atoms with Crippen LogP contribution in [0, 0.1) is 0 Å². The lowest BCUT2D eigenvalue weighted by Gasteiger charge is -2.00. The minimum Gasteiger partial charge on any atom is -0.464 e. The monoisotopic (exact) mass is 321 g/mol. The van der Waals surface area contributed by atoms with Crippen LogP contribution in [0.3, 0.4) is 0 Å². The Morgan fingerprint density at radius 1 is 1.19 bits per heavy atom. The van der Waals surface area contributed by atoms with Crippen molar-refractivity contribution >= 4 is 34.8 Å². The first-order chi connectivity index (χ1) is 10.1. The number of halogens is 2. The quantitative estimate of drug-likeness (QED) is 0.678. The Labute approximate surface area is 130 Å². The van der Waals surface area contributed by atoms with Gasteiger partial charge >= 0.3 is 5.97 Å². The van der Waals surface area contributed by atoms with Crippen LogP contribution in [-0.2, 0) is 4.74 Å². The van der Waals surface area contributed by atoms with Crippen molar-refractivity contribution in [3.63, 3.8) is 0 Å². The van der Waals surface area contributed by atoms with Gasteiger partial charge in [-0.3, -0.25) is 0 Å². The average Bonchev–Trinajstić information content (AvgIpc) is 2.93. The van der Waals surface area contributed by atoms with Gasteiger partial charge in [-0.25, -0.2) is 14.3 Å². The maximum Gasteiger partial charge on any atom is 0.356 e. The maximum absolute atomic E-state index is 11.7. The molecular formula is C14H9Cl2N3O2. The van der Waals surface area contributed by atoms with Gasteiger partial charge in [0.2, 0.25) is 0 Å². The summed E-state index contributed by atoms with van der Waals surface area (Å²) >= 11 is 11.9. The standard InChI is InChI=1S/C14H9Cl2N3O2/c1-21-14(20)11-3-2-4-12-17-13(18-19(11)12)8-5-6-9(15)10(16)7-8/h2-7H,1H3. The Bertz CT molecular complexity index is 845. The summed E-state index contributed by atoms with van der Waals surface area (Å²) in [5.74, 6) is -0.0314. The highest BCUT2D eigenvalue weighted by atomic mass is 35.5. The van der Waals surface area contributed by atoms with Gasteiger partial charge in [0.05, 0.1) is 17.2 Å². The molecule has 5 nitrogen and oxygen atoms in total. The second-order valence-corrected chi connectivity index (χ2v) is 5.05. The number of benzene rings is 1. The number of rotatable bonds is 2. The van der Waals surface area contributed by atoms with Crippen molar-refractivity contribution in [3.05, 3.63) is 52.1 Å². The molecule has 0 atom stereocenters. The number of carbonyl (C=O) groups excluding carboxylic acids is 1. The Morgan fingerprint density at radius 2 is 2.00 bits per heavy atom. The van der Waals surface area contributed by atoms with Crippen LogP contribution < -0.4 is 0 Å². The molecule has 0 amide bonds. The van der Waals surface area contributed by atoms with Gasteiger partial charge < -0.3 is 4.74 Å². The van der Waals surface area contributed by atoms with Crippen LogP contribution in [0.1, 0.15) is 10.5 Å². The summed E-state index contributed by atoms with van der Waals surface area (Å²) in [6.45, 7) is 0. The highest BCUT2D eigenvalue weighted by Gasteiger charge is 2.14. The van der Waals surface area contributed by atoms with Gasteiger partial charge in [-0.15, -0.1) is 5.10 Å². The molecule has 0 spiro atoms. The van der Waals surface area contributed by atoms with Crippen molar-refractivity contribution in [1.29, 1.82) is 0 Å². The van der Waals surface area contributed by atoms with E-state index in [0.29, 0.717) is 32.8 Å². The molecular weight excluding hydrogens is 313 g/mol. The minimum atomic E-state index is -0.480. The molecule has 0 radical (unpaired) electrons. The third-order valence-electron chi connectivity index (χ3n) is 2.93. The van der Waals surface area contributed by atoms with Crippen molar-refractivity contribution in [1.82, 2.24) is 14.6 Å². The first-order valence-electron chi connectivity index (χ1n) is 5.99. The lowest BCUT2D eigenvalue weighted by atomic mass is 10.2. The molecule has 1 aromatic carbocycles. The van der Waals surface area contributed by atoms with Crippen LogP contribution in [0.4, 0.5) is 0 Å². The highest BCUT2D eigenvalue weighted by molar-refractivity contribution is 6.42. The summed E-state index contributed by atoms with van der Waals surface area (Å²) in [6, 6.07) is 10.2. The molecule has 2 heterocycles. The van der Waals surface area contributed by atoms with Crippen LogP contribution in [0.15, 0.2) is 36.4 Å². The Kier molecular flexibility index (Phi) is 3.53. The smallest absolute Gasteiger partial charge is 0.356 e. The zero-order valence-corrected chi connectivity index (χ0v) is 12.4. The number of hydrogen-bond acceptors (Lipinski definition) is 4. The molecule has 106 valence electrons. The molecule has 2 aromatic heterocycles. The zero-order valence-electron chi connectivity index (χ0n) is 10.9. The third kappa shape index (κ3) is 2.46. The lowest BCUT2D eigenvalue weighted by molar-refractivity contribution is 0.0591. The number of esters is 1. The Morgan fingerprint density at radius 3 is 2.71 bits per heavy atom. The molecule has 0 saturated carbocycles. The fourth-order valence-electron chi connectivity index (χ4n) is 1.92. The summed E-state index contributed by atoms with van der Waals surface area (Å²) in [5, 5.41) is 5.20. The van der Waals surface area contributed by atoms with Gasteiger partial charge in [-0.2, -0.15) is 0 Å². The van der Waals surface area contributed by atoms with Crippen LogP contribution in [0.2, 0.25) is 10.0 Å². The first kappa shape index (κ1) is 13.9. The van der Waals surface area contributed by atoms with E-state index in [2.05, 4.69) is 10.1 Å². The number of hydrogen-bond donors (Lipinski definition) is 0. The molecule has 21 heavy (non-hydrogen) atoms. The number of methoxy groups -OCH3 is 1. The van der Waals surface area contributed by atoms with E-state index < -0.39 is 5.97 Å². The van der Waals surface area contributed by atoms with Crippen molar-refractivity contribution in [3.8, 4) is 11.4 Å². The van der Waals surface area contributed by atoms with E-state index in [1.807, 2.05) is 0 Å². The summed E-state index contributed by atoms with van der Waals surface area (Å²) in [5.41, 5.74) is 1.55. The molecule has 3 aromatic rings.